The summed E-state index contributed by atoms with van der Waals surface area (Å²) in [6.45, 7) is 8.67. The van der Waals surface area contributed by atoms with Crippen LogP contribution in [0.2, 0.25) is 0 Å². The van der Waals surface area contributed by atoms with Crippen LogP contribution in [0.15, 0.2) is 18.2 Å². The van der Waals surface area contributed by atoms with Crippen LogP contribution >= 0.6 is 0 Å². The van der Waals surface area contributed by atoms with Crippen molar-refractivity contribution in [2.24, 2.45) is 0 Å². The molecular formula is C11H17N. The van der Waals surface area contributed by atoms with Gasteiger partial charge in [-0.05, 0) is 29.5 Å². The molecule has 0 fully saturated rings. The third-order valence-corrected chi connectivity index (χ3v) is 2.06. The first-order valence-electron chi connectivity index (χ1n) is 4.28. The van der Waals surface area contributed by atoms with Crippen LogP contribution in [0.1, 0.15) is 31.9 Å². The molecule has 0 saturated carbocycles. The van der Waals surface area contributed by atoms with Gasteiger partial charge in [0.15, 0.2) is 0 Å². The zero-order chi connectivity index (χ0) is 9.35. The van der Waals surface area contributed by atoms with Gasteiger partial charge in [0.05, 0.1) is 0 Å². The fourth-order valence-corrected chi connectivity index (χ4v) is 1.71. The molecule has 0 unspecified atom stereocenters. The molecule has 0 aliphatic heterocycles. The topological polar surface area (TPSA) is 26.0 Å². The van der Waals surface area contributed by atoms with Gasteiger partial charge in [0.2, 0.25) is 0 Å². The lowest BCUT2D eigenvalue weighted by Crippen LogP contribution is -2.15. The maximum absolute atomic E-state index is 5.91. The highest BCUT2D eigenvalue weighted by molar-refractivity contribution is 5.53. The first-order valence-corrected chi connectivity index (χ1v) is 4.28. The highest BCUT2D eigenvalue weighted by Crippen LogP contribution is 2.30. The van der Waals surface area contributed by atoms with Gasteiger partial charge in [-0.15, -0.1) is 0 Å². The summed E-state index contributed by atoms with van der Waals surface area (Å²) in [6.07, 6.45) is 0. The van der Waals surface area contributed by atoms with Crippen LogP contribution in [0.3, 0.4) is 0 Å². The van der Waals surface area contributed by atoms with Gasteiger partial charge in [0, 0.05) is 5.69 Å². The summed E-state index contributed by atoms with van der Waals surface area (Å²) < 4.78 is 0. The van der Waals surface area contributed by atoms with Crippen molar-refractivity contribution in [1.29, 1.82) is 0 Å². The van der Waals surface area contributed by atoms with E-state index in [0.29, 0.717) is 0 Å². The maximum Gasteiger partial charge on any atom is 0.0354 e. The Morgan fingerprint density at radius 1 is 1.17 bits per heavy atom. The zero-order valence-corrected chi connectivity index (χ0v) is 8.31. The van der Waals surface area contributed by atoms with Crippen LogP contribution in [0.4, 0.5) is 5.69 Å². The summed E-state index contributed by atoms with van der Waals surface area (Å²) >= 11 is 0. The Hall–Kier alpha value is -0.980. The molecule has 1 nitrogen and oxygen atoms in total. The molecule has 1 rings (SSSR count). The van der Waals surface area contributed by atoms with Crippen molar-refractivity contribution in [3.63, 3.8) is 0 Å². The normalized spacial score (nSPS) is 11.7. The van der Waals surface area contributed by atoms with Crippen molar-refractivity contribution in [2.75, 3.05) is 5.73 Å². The molecule has 12 heavy (non-hydrogen) atoms. The summed E-state index contributed by atoms with van der Waals surface area (Å²) in [6, 6.07) is 6.07. The quantitative estimate of drug-likeness (QED) is 0.585. The third kappa shape index (κ3) is 1.60. The van der Waals surface area contributed by atoms with Gasteiger partial charge in [0.1, 0.15) is 0 Å². The number of nitrogen functional groups attached to an aromatic ring is 1. The number of aryl methyl sites for hydroxylation is 1. The predicted octanol–water partition coefficient (Wildman–Crippen LogP) is 2.87. The van der Waals surface area contributed by atoms with E-state index in [9.17, 15) is 0 Å². The Bertz CT molecular complexity index is 261. The largest absolute Gasteiger partial charge is 0.398 e. The molecule has 0 aliphatic carbocycles. The molecule has 0 bridgehead atoms. The van der Waals surface area contributed by atoms with Gasteiger partial charge in [-0.3, -0.25) is 0 Å². The second kappa shape index (κ2) is 2.81. The molecule has 1 aromatic rings. The van der Waals surface area contributed by atoms with E-state index in [1.165, 1.54) is 11.1 Å². The first kappa shape index (κ1) is 9.11. The summed E-state index contributed by atoms with van der Waals surface area (Å²) in [4.78, 5) is 0. The molecular weight excluding hydrogens is 146 g/mol. The lowest BCUT2D eigenvalue weighted by atomic mass is 9.83. The van der Waals surface area contributed by atoms with Crippen molar-refractivity contribution >= 4 is 5.69 Å². The van der Waals surface area contributed by atoms with Crippen molar-refractivity contribution in [3.05, 3.63) is 29.3 Å². The Morgan fingerprint density at radius 2 is 1.75 bits per heavy atom. The van der Waals surface area contributed by atoms with Crippen LogP contribution in [-0.2, 0) is 5.41 Å². The van der Waals surface area contributed by atoms with Crippen molar-refractivity contribution in [2.45, 2.75) is 33.1 Å². The molecule has 0 amide bonds. The highest BCUT2D eigenvalue weighted by Gasteiger charge is 2.18. The molecule has 0 radical (unpaired) electrons. The minimum atomic E-state index is 0.148. The van der Waals surface area contributed by atoms with Crippen LogP contribution in [0, 0.1) is 6.92 Å². The Kier molecular flexibility index (Phi) is 2.14. The summed E-state index contributed by atoms with van der Waals surface area (Å²) in [5.74, 6) is 0. The zero-order valence-electron chi connectivity index (χ0n) is 8.31. The Balaban J connectivity index is 3.31. The minimum absolute atomic E-state index is 0.148. The lowest BCUT2D eigenvalue weighted by molar-refractivity contribution is 0.588. The van der Waals surface area contributed by atoms with Crippen LogP contribution in [0.5, 0.6) is 0 Å². The lowest BCUT2D eigenvalue weighted by Gasteiger charge is -2.23. The number of rotatable bonds is 0. The smallest absolute Gasteiger partial charge is 0.0354 e. The van der Waals surface area contributed by atoms with Crippen molar-refractivity contribution in [3.8, 4) is 0 Å². The second-order valence-corrected chi connectivity index (χ2v) is 4.29. The third-order valence-electron chi connectivity index (χ3n) is 2.06. The van der Waals surface area contributed by atoms with Gasteiger partial charge in [-0.2, -0.15) is 0 Å². The summed E-state index contributed by atoms with van der Waals surface area (Å²) in [5.41, 5.74) is 9.51. The Morgan fingerprint density at radius 3 is 2.08 bits per heavy atom. The van der Waals surface area contributed by atoms with Crippen molar-refractivity contribution in [1.82, 2.24) is 0 Å². The van der Waals surface area contributed by atoms with E-state index >= 15 is 0 Å². The standard InChI is InChI=1S/C11H17N/c1-8-6-5-7-9(12)10(8)11(2,3)4/h5-7H,12H2,1-4H3. The van der Waals surface area contributed by atoms with E-state index in [4.69, 9.17) is 5.73 Å². The molecule has 0 atom stereocenters. The molecule has 2 N–H and O–H groups in total. The van der Waals surface area contributed by atoms with Gasteiger partial charge in [0.25, 0.3) is 0 Å². The number of anilines is 1. The van der Waals surface area contributed by atoms with Crippen molar-refractivity contribution < 1.29 is 0 Å². The molecule has 66 valence electrons. The summed E-state index contributed by atoms with van der Waals surface area (Å²) in [7, 11) is 0. The van der Waals surface area contributed by atoms with Gasteiger partial charge < -0.3 is 5.73 Å². The molecule has 1 heteroatoms. The van der Waals surface area contributed by atoms with Gasteiger partial charge in [-0.1, -0.05) is 32.9 Å². The minimum Gasteiger partial charge on any atom is -0.398 e. The molecule has 1 aromatic carbocycles. The maximum atomic E-state index is 5.91. The second-order valence-electron chi connectivity index (χ2n) is 4.29. The monoisotopic (exact) mass is 163 g/mol. The summed E-state index contributed by atoms with van der Waals surface area (Å²) in [5, 5.41) is 0. The van der Waals surface area contributed by atoms with E-state index in [1.54, 1.807) is 0 Å². The number of hydrogen-bond acceptors (Lipinski definition) is 1. The SMILES string of the molecule is Cc1cccc(N)c1C(C)(C)C. The van der Waals surface area contributed by atoms with E-state index in [0.717, 1.165) is 5.69 Å². The van der Waals surface area contributed by atoms with Gasteiger partial charge >= 0.3 is 0 Å². The molecule has 0 aromatic heterocycles. The molecule has 0 aliphatic rings. The van der Waals surface area contributed by atoms with E-state index in [1.807, 2.05) is 12.1 Å². The van der Waals surface area contributed by atoms with Crippen LogP contribution in [0.25, 0.3) is 0 Å². The van der Waals surface area contributed by atoms with E-state index < -0.39 is 0 Å². The Labute approximate surface area is 74.6 Å². The van der Waals surface area contributed by atoms with Gasteiger partial charge in [-0.25, -0.2) is 0 Å². The van der Waals surface area contributed by atoms with Crippen LogP contribution in [-0.4, -0.2) is 0 Å². The fraction of sp³-hybridized carbons (Fsp3) is 0.455. The number of nitrogens with two attached hydrogens (primary N) is 1. The average Bonchev–Trinajstić information content (AvgIpc) is 1.82. The number of hydrogen-bond donors (Lipinski definition) is 1. The van der Waals surface area contributed by atoms with E-state index in [-0.39, 0.29) is 5.41 Å². The number of benzene rings is 1. The van der Waals surface area contributed by atoms with E-state index in [2.05, 4.69) is 33.8 Å². The van der Waals surface area contributed by atoms with Crippen LogP contribution < -0.4 is 5.73 Å². The molecule has 0 spiro atoms. The predicted molar refractivity (Wildman–Crippen MR) is 54.3 cm³/mol. The highest BCUT2D eigenvalue weighted by atomic mass is 14.6. The average molecular weight is 163 g/mol. The molecule has 0 saturated heterocycles. The molecule has 0 heterocycles. The fourth-order valence-electron chi connectivity index (χ4n) is 1.71. The first-order chi connectivity index (χ1) is 5.43.